The van der Waals surface area contributed by atoms with Crippen LogP contribution in [-0.4, -0.2) is 27.4 Å². The molecule has 0 bridgehead atoms. The van der Waals surface area contributed by atoms with Crippen LogP contribution in [0.1, 0.15) is 17.5 Å². The van der Waals surface area contributed by atoms with Gasteiger partial charge in [-0.05, 0) is 41.9 Å². The third-order valence-electron chi connectivity index (χ3n) is 5.33. The highest BCUT2D eigenvalue weighted by Crippen LogP contribution is 2.21. The molecule has 1 aliphatic heterocycles. The number of aromatic nitrogens is 3. The second kappa shape index (κ2) is 7.62. The molecule has 1 aliphatic rings. The van der Waals surface area contributed by atoms with Crippen LogP contribution in [0, 0.1) is 11.7 Å². The summed E-state index contributed by atoms with van der Waals surface area (Å²) in [7, 11) is 2.01. The van der Waals surface area contributed by atoms with Gasteiger partial charge in [-0.2, -0.15) is 4.68 Å². The summed E-state index contributed by atoms with van der Waals surface area (Å²) in [6.45, 7) is 5.02. The first-order valence-electron chi connectivity index (χ1n) is 9.41. The molecule has 0 amide bonds. The fourth-order valence-electron chi connectivity index (χ4n) is 3.70. The minimum Gasteiger partial charge on any atom is -0.313 e. The van der Waals surface area contributed by atoms with Crippen molar-refractivity contribution < 1.29 is 4.90 Å². The zero-order valence-electron chi connectivity index (χ0n) is 15.9. The van der Waals surface area contributed by atoms with Crippen LogP contribution in [0.25, 0.3) is 17.0 Å². The Hall–Kier alpha value is -2.50. The Kier molecular flexibility index (Phi) is 5.05. The Morgan fingerprint density at radius 3 is 2.52 bits per heavy atom. The van der Waals surface area contributed by atoms with Gasteiger partial charge >= 0.3 is 0 Å². The molecule has 1 atom stereocenters. The number of aryl methyl sites for hydroxylation is 1. The first-order valence-corrected chi connectivity index (χ1v) is 9.82. The lowest BCUT2D eigenvalue weighted by atomic mass is 10.00. The third kappa shape index (κ3) is 3.66. The van der Waals surface area contributed by atoms with E-state index in [4.69, 9.17) is 17.3 Å². The van der Waals surface area contributed by atoms with Crippen LogP contribution < -0.4 is 4.90 Å². The van der Waals surface area contributed by atoms with Crippen molar-refractivity contribution in [2.24, 2.45) is 7.05 Å². The molecule has 3 aromatic rings. The van der Waals surface area contributed by atoms with E-state index in [-0.39, 0.29) is 0 Å². The van der Waals surface area contributed by atoms with E-state index >= 15 is 0 Å². The van der Waals surface area contributed by atoms with Crippen molar-refractivity contribution in [1.82, 2.24) is 14.3 Å². The van der Waals surface area contributed by atoms with E-state index in [0.29, 0.717) is 0 Å². The molecule has 138 valence electrons. The number of nitrogens with zero attached hydrogens (tertiary/aromatic N) is 3. The van der Waals surface area contributed by atoms with Crippen LogP contribution in [0.5, 0.6) is 0 Å². The maximum atomic E-state index is 5.66. The first kappa shape index (κ1) is 17.9. The Balaban J connectivity index is 1.53. The Labute approximate surface area is 165 Å². The van der Waals surface area contributed by atoms with Gasteiger partial charge in [0.15, 0.2) is 12.5 Å². The average Bonchev–Trinajstić information content (AvgIpc) is 2.98. The Morgan fingerprint density at radius 2 is 1.81 bits per heavy atom. The summed E-state index contributed by atoms with van der Waals surface area (Å²) in [5.74, 6) is 0.940. The quantitative estimate of drug-likeness (QED) is 0.707. The van der Waals surface area contributed by atoms with Crippen LogP contribution >= 0.6 is 12.2 Å². The summed E-state index contributed by atoms with van der Waals surface area (Å²) in [4.78, 5) is 1.49. The van der Waals surface area contributed by atoms with Crippen molar-refractivity contribution in [3.63, 3.8) is 0 Å². The zero-order chi connectivity index (χ0) is 18.8. The first-order chi connectivity index (χ1) is 13.1. The van der Waals surface area contributed by atoms with E-state index in [9.17, 15) is 0 Å². The number of hydrogen-bond acceptors (Lipinski definition) is 2. The number of rotatable bonds is 4. The molecule has 2 heterocycles. The molecule has 4 rings (SSSR count). The smallest absolute Gasteiger partial charge is 0.202 e. The van der Waals surface area contributed by atoms with Gasteiger partial charge in [0, 0.05) is 19.0 Å². The summed E-state index contributed by atoms with van der Waals surface area (Å²) in [5.41, 5.74) is 5.15. The van der Waals surface area contributed by atoms with Gasteiger partial charge in [-0.1, -0.05) is 54.6 Å². The van der Waals surface area contributed by atoms with Gasteiger partial charge in [0.1, 0.15) is 0 Å². The predicted molar refractivity (Wildman–Crippen MR) is 112 cm³/mol. The van der Waals surface area contributed by atoms with E-state index < -0.39 is 0 Å². The molecule has 0 saturated heterocycles. The minimum absolute atomic E-state index is 0.776. The SMILES string of the molecule is Cc1ccccc1-c1nn(C[NH+]2CC=C(c3ccccc3)CC2)c(=S)n1C. The molecule has 27 heavy (non-hydrogen) atoms. The maximum absolute atomic E-state index is 5.66. The van der Waals surface area contributed by atoms with E-state index in [1.165, 1.54) is 21.6 Å². The van der Waals surface area contributed by atoms with Crippen molar-refractivity contribution in [2.45, 2.75) is 20.0 Å². The molecule has 1 N–H and O–H groups in total. The molecule has 0 aliphatic carbocycles. The summed E-state index contributed by atoms with van der Waals surface area (Å²) >= 11 is 5.66. The molecule has 0 saturated carbocycles. The molecule has 0 radical (unpaired) electrons. The molecule has 1 unspecified atom stereocenters. The average molecular weight is 378 g/mol. The Bertz CT molecular complexity index is 1030. The van der Waals surface area contributed by atoms with Gasteiger partial charge in [-0.15, -0.1) is 5.10 Å². The molecular weight excluding hydrogens is 352 g/mol. The van der Waals surface area contributed by atoms with Gasteiger partial charge in [0.05, 0.1) is 13.1 Å². The van der Waals surface area contributed by atoms with E-state index in [0.717, 1.165) is 42.3 Å². The predicted octanol–water partition coefficient (Wildman–Crippen LogP) is 3.26. The largest absolute Gasteiger partial charge is 0.313 e. The van der Waals surface area contributed by atoms with Gasteiger partial charge in [-0.25, -0.2) is 0 Å². The molecule has 4 nitrogen and oxygen atoms in total. The monoisotopic (exact) mass is 377 g/mol. The number of hydrogen-bond donors (Lipinski definition) is 1. The molecule has 0 spiro atoms. The lowest BCUT2D eigenvalue weighted by Gasteiger charge is -2.23. The highest BCUT2D eigenvalue weighted by molar-refractivity contribution is 7.71. The molecule has 1 aromatic heterocycles. The summed E-state index contributed by atoms with van der Waals surface area (Å²) in [6, 6.07) is 19.0. The summed E-state index contributed by atoms with van der Waals surface area (Å²) in [5, 5.41) is 4.85. The van der Waals surface area contributed by atoms with E-state index in [1.807, 2.05) is 16.3 Å². The van der Waals surface area contributed by atoms with Crippen molar-refractivity contribution >= 4 is 17.8 Å². The van der Waals surface area contributed by atoms with Crippen molar-refractivity contribution in [3.05, 3.63) is 76.6 Å². The third-order valence-corrected chi connectivity index (χ3v) is 5.81. The normalized spacial score (nSPS) is 17.0. The highest BCUT2D eigenvalue weighted by Gasteiger charge is 2.19. The lowest BCUT2D eigenvalue weighted by molar-refractivity contribution is -0.918. The van der Waals surface area contributed by atoms with Crippen molar-refractivity contribution in [2.75, 3.05) is 13.1 Å². The van der Waals surface area contributed by atoms with Crippen LogP contribution in [0.3, 0.4) is 0 Å². The van der Waals surface area contributed by atoms with Gasteiger partial charge in [-0.3, -0.25) is 0 Å². The number of quaternary nitrogens is 1. The Morgan fingerprint density at radius 1 is 1.07 bits per heavy atom. The van der Waals surface area contributed by atoms with Gasteiger partial charge in [0.25, 0.3) is 0 Å². The fraction of sp³-hybridized carbons (Fsp3) is 0.273. The van der Waals surface area contributed by atoms with Crippen LogP contribution in [0.2, 0.25) is 0 Å². The fourth-order valence-corrected chi connectivity index (χ4v) is 3.89. The molecular formula is C22H25N4S+. The highest BCUT2D eigenvalue weighted by atomic mass is 32.1. The maximum Gasteiger partial charge on any atom is 0.202 e. The number of nitrogens with one attached hydrogen (secondary N) is 1. The lowest BCUT2D eigenvalue weighted by Crippen LogP contribution is -3.11. The minimum atomic E-state index is 0.776. The van der Waals surface area contributed by atoms with Crippen molar-refractivity contribution in [1.29, 1.82) is 0 Å². The van der Waals surface area contributed by atoms with E-state index in [1.54, 1.807) is 0 Å². The van der Waals surface area contributed by atoms with Gasteiger partial charge < -0.3 is 9.47 Å². The second-order valence-corrected chi connectivity index (χ2v) is 7.55. The summed E-state index contributed by atoms with van der Waals surface area (Å²) in [6.07, 6.45) is 3.45. The van der Waals surface area contributed by atoms with Crippen LogP contribution in [-0.2, 0) is 13.7 Å². The molecule has 2 aromatic carbocycles. The van der Waals surface area contributed by atoms with Crippen LogP contribution in [0.15, 0.2) is 60.7 Å². The number of benzene rings is 2. The standard InChI is InChI=1S/C22H24N4S/c1-17-8-6-7-11-20(17)21-23-26(22(27)24(21)2)16-25-14-12-19(13-15-25)18-9-4-3-5-10-18/h3-12H,13-16H2,1-2H3/p+1. The molecule has 0 fully saturated rings. The zero-order valence-corrected chi connectivity index (χ0v) is 16.7. The van der Waals surface area contributed by atoms with Crippen LogP contribution in [0.4, 0.5) is 0 Å². The summed E-state index contributed by atoms with van der Waals surface area (Å²) < 4.78 is 4.78. The molecule has 5 heteroatoms. The van der Waals surface area contributed by atoms with Gasteiger partial charge in [0.2, 0.25) is 4.77 Å². The van der Waals surface area contributed by atoms with Crippen molar-refractivity contribution in [3.8, 4) is 11.4 Å². The topological polar surface area (TPSA) is 27.2 Å². The second-order valence-electron chi connectivity index (χ2n) is 7.19. The van der Waals surface area contributed by atoms with E-state index in [2.05, 4.69) is 67.6 Å².